The molecule has 0 aliphatic carbocycles. The number of carbonyl (C=O) groups is 4. The average molecular weight is 851 g/mol. The molecule has 0 atom stereocenters. The number of hydrogen-bond acceptors (Lipinski definition) is 13. The van der Waals surface area contributed by atoms with E-state index in [1.807, 2.05) is 32.9 Å². The number of unbranched alkanes of at least 4 members (excludes halogenated alkanes) is 10. The number of carbonyl (C=O) groups excluding carboxylic acids is 3. The normalized spacial score (nSPS) is 11.6. The Hall–Kier alpha value is -4.03. The predicted molar refractivity (Wildman–Crippen MR) is 222 cm³/mol. The number of benzene rings is 1. The van der Waals surface area contributed by atoms with E-state index in [9.17, 15) is 27.6 Å². The fourth-order valence-corrected chi connectivity index (χ4v) is 6.62. The van der Waals surface area contributed by atoms with Gasteiger partial charge in [0.25, 0.3) is 15.9 Å². The first-order valence-electron chi connectivity index (χ1n) is 20.7. The van der Waals surface area contributed by atoms with Gasteiger partial charge in [0.1, 0.15) is 18.8 Å². The second-order valence-corrected chi connectivity index (χ2v) is 16.8. The van der Waals surface area contributed by atoms with Crippen LogP contribution in [0.5, 0.6) is 0 Å². The minimum absolute atomic E-state index is 0.0490. The predicted octanol–water partition coefficient (Wildman–Crippen LogP) is 6.07. The fraction of sp³-hybridized carbons (Fsp3) is 0.667. The van der Waals surface area contributed by atoms with Crippen LogP contribution in [0, 0.1) is 0 Å². The number of sulfonamides is 1. The molecule has 0 aliphatic rings. The molecule has 0 saturated carbocycles. The maximum Gasteiger partial charge on any atom is 0.329 e. The Morgan fingerprint density at radius 2 is 1.20 bits per heavy atom. The molecule has 0 aliphatic heterocycles. The second-order valence-electron chi connectivity index (χ2n) is 15.1. The van der Waals surface area contributed by atoms with E-state index in [1.165, 1.54) is 50.9 Å². The zero-order chi connectivity index (χ0) is 43.2. The van der Waals surface area contributed by atoms with Gasteiger partial charge in [-0.1, -0.05) is 69.9 Å². The smallest absolute Gasteiger partial charge is 0.329 e. The summed E-state index contributed by atoms with van der Waals surface area (Å²) < 4.78 is 54.4. The van der Waals surface area contributed by atoms with Crippen LogP contribution in [0.25, 0.3) is 0 Å². The summed E-state index contributed by atoms with van der Waals surface area (Å²) in [6.45, 7) is 6.88. The van der Waals surface area contributed by atoms with Gasteiger partial charge in [0.05, 0.1) is 43.5 Å². The van der Waals surface area contributed by atoms with Crippen LogP contribution >= 0.6 is 0 Å². The van der Waals surface area contributed by atoms with Gasteiger partial charge in [-0.2, -0.15) is 0 Å². The van der Waals surface area contributed by atoms with Gasteiger partial charge in [-0.15, -0.1) is 0 Å². The molecule has 2 rings (SSSR count). The van der Waals surface area contributed by atoms with Crippen molar-refractivity contribution in [3.63, 3.8) is 0 Å². The van der Waals surface area contributed by atoms with Gasteiger partial charge in [-0.05, 0) is 64.2 Å². The lowest BCUT2D eigenvalue weighted by Crippen LogP contribution is -2.28. The zero-order valence-electron chi connectivity index (χ0n) is 35.2. The van der Waals surface area contributed by atoms with Gasteiger partial charge in [-0.25, -0.2) is 27.9 Å². The molecule has 0 fully saturated rings. The molecular weight excluding hydrogens is 785 g/mol. The summed E-state index contributed by atoms with van der Waals surface area (Å²) in [6, 6.07) is 6.78. The first-order chi connectivity index (χ1) is 28.2. The molecule has 16 nitrogen and oxygen atoms in total. The number of anilines is 1. The van der Waals surface area contributed by atoms with E-state index in [0.717, 1.165) is 44.1 Å². The summed E-state index contributed by atoms with van der Waals surface area (Å²) >= 11 is 0. The Bertz CT molecular complexity index is 1600. The highest BCUT2D eigenvalue weighted by atomic mass is 32.2. The Kier molecular flexibility index (Phi) is 26.0. The van der Waals surface area contributed by atoms with Gasteiger partial charge < -0.3 is 34.1 Å². The number of Topliss-reactive ketones (excluding diaryl/α,β-unsaturated/α-hetero) is 1. The van der Waals surface area contributed by atoms with Crippen molar-refractivity contribution >= 4 is 39.6 Å². The number of amides is 1. The molecule has 59 heavy (non-hydrogen) atoms. The maximum atomic E-state index is 12.9. The lowest BCUT2D eigenvalue weighted by Gasteiger charge is -2.19. The Balaban J connectivity index is 1.50. The van der Waals surface area contributed by atoms with Crippen molar-refractivity contribution in [3.8, 4) is 0 Å². The summed E-state index contributed by atoms with van der Waals surface area (Å²) in [7, 11) is -3.93. The molecule has 0 bridgehead atoms. The van der Waals surface area contributed by atoms with E-state index in [0.29, 0.717) is 25.9 Å². The van der Waals surface area contributed by atoms with Crippen LogP contribution in [0.3, 0.4) is 0 Å². The van der Waals surface area contributed by atoms with Gasteiger partial charge in [-0.3, -0.25) is 14.4 Å². The molecule has 332 valence electrons. The minimum atomic E-state index is -3.93. The first-order valence-corrected chi connectivity index (χ1v) is 22.2. The lowest BCUT2D eigenvalue weighted by molar-refractivity contribution is -0.155. The number of carboxylic acids is 1. The van der Waals surface area contributed by atoms with Crippen molar-refractivity contribution in [2.75, 3.05) is 64.1 Å². The van der Waals surface area contributed by atoms with Gasteiger partial charge in [0, 0.05) is 38.4 Å². The molecule has 1 aromatic heterocycles. The van der Waals surface area contributed by atoms with E-state index >= 15 is 0 Å². The topological polar surface area (TPSA) is 219 Å². The number of aliphatic carboxylic acids is 1. The molecule has 17 heteroatoms. The van der Waals surface area contributed by atoms with Crippen LogP contribution < -0.4 is 10.0 Å². The number of hydrogen-bond donors (Lipinski definition) is 3. The van der Waals surface area contributed by atoms with Crippen LogP contribution in [-0.4, -0.2) is 112 Å². The number of ether oxygens (including phenoxy) is 5. The molecule has 0 spiro atoms. The number of rotatable bonds is 35. The van der Waals surface area contributed by atoms with Gasteiger partial charge >= 0.3 is 11.9 Å². The van der Waals surface area contributed by atoms with E-state index in [-0.39, 0.29) is 81.0 Å². The van der Waals surface area contributed by atoms with Gasteiger partial charge in [0.2, 0.25) is 5.95 Å². The summed E-state index contributed by atoms with van der Waals surface area (Å²) in [5, 5.41) is 11.1. The number of aromatic nitrogens is 2. The molecule has 2 aromatic rings. The quantitative estimate of drug-likeness (QED) is 0.0530. The van der Waals surface area contributed by atoms with Gasteiger partial charge in [0.15, 0.2) is 5.78 Å². The Morgan fingerprint density at radius 3 is 1.80 bits per heavy atom. The molecule has 1 heterocycles. The number of ketones is 1. The molecule has 1 aromatic carbocycles. The first kappa shape index (κ1) is 51.1. The molecule has 1 amide bonds. The molecule has 0 saturated heterocycles. The van der Waals surface area contributed by atoms with E-state index in [2.05, 4.69) is 20.0 Å². The number of aryl methyl sites for hydroxylation is 1. The lowest BCUT2D eigenvalue weighted by atomic mass is 10.0. The van der Waals surface area contributed by atoms with Crippen molar-refractivity contribution in [2.24, 2.45) is 0 Å². The minimum Gasteiger partial charge on any atom is -0.480 e. The van der Waals surface area contributed by atoms with E-state index in [4.69, 9.17) is 28.8 Å². The van der Waals surface area contributed by atoms with Crippen molar-refractivity contribution in [1.82, 2.24) is 15.3 Å². The van der Waals surface area contributed by atoms with Crippen LogP contribution in [0.15, 0.2) is 41.6 Å². The molecule has 0 radical (unpaired) electrons. The number of nitrogens with one attached hydrogen (secondary N) is 2. The number of carboxylic acid groups (broad SMARTS) is 1. The summed E-state index contributed by atoms with van der Waals surface area (Å²) in [5.41, 5.74) is 0.811. The highest BCUT2D eigenvalue weighted by molar-refractivity contribution is 7.92. The SMILES string of the molecule is CC(C)(C)OC(=O)CCCCCCCCCCCCCc1ccc(S(=O)(=O)Nc2ncc(C(=O)NCCOCCOCC(=O)CCCOCCOCC(=O)O)cn2)cc1. The molecule has 0 unspecified atom stereocenters. The third kappa shape index (κ3) is 26.6. The second kappa shape index (κ2) is 30.1. The number of nitrogens with zero attached hydrogens (tertiary/aromatic N) is 2. The highest BCUT2D eigenvalue weighted by Gasteiger charge is 2.17. The standard InChI is InChI=1S/C42H66N4O12S/c1-42(2,3)58-39(50)18-14-12-10-8-6-4-5-7-9-11-13-16-34-19-21-37(22-20-34)59(52,53)46-41-44-30-35(31-45-41)40(51)43-23-25-55-27-28-56-32-36(47)17-15-24-54-26-29-57-33-38(48)49/h19-22,30-31H,4-18,23-29,32-33H2,1-3H3,(H,43,51)(H,48,49)(H,44,45,46). The monoisotopic (exact) mass is 850 g/mol. The molecule has 3 N–H and O–H groups in total. The maximum absolute atomic E-state index is 12.9. The van der Waals surface area contributed by atoms with Crippen LogP contribution in [0.4, 0.5) is 5.95 Å². The third-order valence-corrected chi connectivity index (χ3v) is 9.99. The molecular formula is C42H66N4O12S. The van der Waals surface area contributed by atoms with E-state index in [1.54, 1.807) is 12.1 Å². The largest absolute Gasteiger partial charge is 0.480 e. The fourth-order valence-electron chi connectivity index (χ4n) is 5.66. The van der Waals surface area contributed by atoms with E-state index < -0.39 is 27.5 Å². The summed E-state index contributed by atoms with van der Waals surface area (Å²) in [6.07, 6.45) is 17.3. The average Bonchev–Trinajstić information content (AvgIpc) is 3.18. The van der Waals surface area contributed by atoms with Crippen molar-refractivity contribution < 1.29 is 56.4 Å². The third-order valence-electron chi connectivity index (χ3n) is 8.65. The highest BCUT2D eigenvalue weighted by Crippen LogP contribution is 2.17. The Morgan fingerprint density at radius 1 is 0.661 bits per heavy atom. The van der Waals surface area contributed by atoms with Crippen molar-refractivity contribution in [1.29, 1.82) is 0 Å². The summed E-state index contributed by atoms with van der Waals surface area (Å²) in [4.78, 5) is 54.5. The Labute approximate surface area is 349 Å². The summed E-state index contributed by atoms with van der Waals surface area (Å²) in [5.74, 6) is -1.83. The van der Waals surface area contributed by atoms with Crippen molar-refractivity contribution in [3.05, 3.63) is 47.8 Å². The van der Waals surface area contributed by atoms with Crippen molar-refractivity contribution in [2.45, 2.75) is 128 Å². The van der Waals surface area contributed by atoms with Crippen LogP contribution in [0.1, 0.15) is 127 Å². The van der Waals surface area contributed by atoms with Crippen LogP contribution in [-0.2, 0) is 54.5 Å². The number of esters is 1. The zero-order valence-corrected chi connectivity index (χ0v) is 36.0. The van der Waals surface area contributed by atoms with Crippen LogP contribution in [0.2, 0.25) is 0 Å².